The average molecular weight is 676 g/mol. The Bertz CT molecular complexity index is 2240. The van der Waals surface area contributed by atoms with Crippen molar-refractivity contribution >= 4 is 95.6 Å². The Balaban J connectivity index is 1.27. The van der Waals surface area contributed by atoms with E-state index in [0.29, 0.717) is 50.8 Å². The fourth-order valence-electron chi connectivity index (χ4n) is 7.80. The van der Waals surface area contributed by atoms with Crippen molar-refractivity contribution in [3.63, 3.8) is 0 Å². The lowest BCUT2D eigenvalue weighted by atomic mass is 9.82. The Kier molecular flexibility index (Phi) is 7.61. The van der Waals surface area contributed by atoms with Gasteiger partial charge in [-0.15, -0.1) is 23.2 Å². The van der Waals surface area contributed by atoms with Crippen LogP contribution >= 0.6 is 23.2 Å². The smallest absolute Gasteiger partial charge is 0.265 e. The lowest BCUT2D eigenvalue weighted by molar-refractivity contribution is 0.0607. The first-order valence-electron chi connectivity index (χ1n) is 16.6. The molecule has 0 saturated heterocycles. The Hall–Kier alpha value is -4.52. The third kappa shape index (κ3) is 4.39. The molecule has 6 nitrogen and oxygen atoms in total. The second kappa shape index (κ2) is 11.9. The number of fused-ring (bicyclic) bond motifs is 2. The van der Waals surface area contributed by atoms with E-state index in [-0.39, 0.29) is 23.6 Å². The molecular weight excluding hydrogens is 643 g/mol. The van der Waals surface area contributed by atoms with Gasteiger partial charge in [-0.2, -0.15) is 0 Å². The van der Waals surface area contributed by atoms with E-state index in [1.165, 1.54) is 29.1 Å². The molecule has 0 N–H and O–H groups in total. The number of rotatable bonds is 10. The van der Waals surface area contributed by atoms with Crippen molar-refractivity contribution in [2.24, 2.45) is 0 Å². The van der Waals surface area contributed by atoms with Crippen molar-refractivity contribution < 1.29 is 19.2 Å². The van der Waals surface area contributed by atoms with E-state index < -0.39 is 11.8 Å². The number of anilines is 1. The normalized spacial score (nSPS) is 14.6. The van der Waals surface area contributed by atoms with Crippen LogP contribution in [0.4, 0.5) is 5.69 Å². The molecule has 4 amide bonds. The highest BCUT2D eigenvalue weighted by Crippen LogP contribution is 2.47. The van der Waals surface area contributed by atoms with Crippen LogP contribution in [-0.2, 0) is 11.8 Å². The number of unbranched alkanes of at least 4 members (excludes halogenated alkanes) is 5. The molecule has 48 heavy (non-hydrogen) atoms. The maximum absolute atomic E-state index is 14.2. The number of alkyl halides is 2. The van der Waals surface area contributed by atoms with Crippen LogP contribution < -0.4 is 4.90 Å². The van der Waals surface area contributed by atoms with Gasteiger partial charge in [0.25, 0.3) is 23.6 Å². The number of hydrogen-bond acceptors (Lipinski definition) is 4. The summed E-state index contributed by atoms with van der Waals surface area (Å²) < 4.78 is 0. The maximum atomic E-state index is 14.2. The van der Waals surface area contributed by atoms with Gasteiger partial charge in [0, 0.05) is 51.3 Å². The molecular formula is C40H32Cl2N2O4. The number of hydrogen-bond donors (Lipinski definition) is 0. The quantitative estimate of drug-likeness (QED) is 0.0476. The van der Waals surface area contributed by atoms with E-state index in [2.05, 4.69) is 6.92 Å². The van der Waals surface area contributed by atoms with Crippen LogP contribution in [0.2, 0.25) is 0 Å². The number of halogens is 2. The molecule has 0 radical (unpaired) electrons. The zero-order chi connectivity index (χ0) is 33.3. The first kappa shape index (κ1) is 30.8. The molecule has 8 heteroatoms. The zero-order valence-electron chi connectivity index (χ0n) is 26.5. The van der Waals surface area contributed by atoms with Gasteiger partial charge in [-0.25, -0.2) is 4.90 Å². The molecule has 2 aliphatic rings. The minimum atomic E-state index is -0.424. The molecule has 0 aromatic heterocycles. The highest BCUT2D eigenvalue weighted by molar-refractivity contribution is 6.44. The molecule has 2 aliphatic heterocycles. The molecule has 8 rings (SSSR count). The van der Waals surface area contributed by atoms with Crippen molar-refractivity contribution in [1.82, 2.24) is 4.90 Å². The Labute approximate surface area is 287 Å². The number of imide groups is 2. The molecule has 0 spiro atoms. The van der Waals surface area contributed by atoms with Gasteiger partial charge >= 0.3 is 0 Å². The van der Waals surface area contributed by atoms with E-state index in [0.717, 1.165) is 57.1 Å². The predicted octanol–water partition coefficient (Wildman–Crippen LogP) is 9.97. The minimum Gasteiger partial charge on any atom is -0.274 e. The second-order valence-corrected chi connectivity index (χ2v) is 13.4. The fourth-order valence-corrected chi connectivity index (χ4v) is 8.20. The lowest BCUT2D eigenvalue weighted by Crippen LogP contribution is -2.41. The lowest BCUT2D eigenvalue weighted by Gasteiger charge is -2.31. The van der Waals surface area contributed by atoms with E-state index in [1.807, 2.05) is 42.5 Å². The minimum absolute atomic E-state index is 0.127. The van der Waals surface area contributed by atoms with Crippen LogP contribution in [0.5, 0.6) is 0 Å². The van der Waals surface area contributed by atoms with Gasteiger partial charge < -0.3 is 0 Å². The van der Waals surface area contributed by atoms with Crippen molar-refractivity contribution in [2.45, 2.75) is 57.2 Å². The molecule has 0 unspecified atom stereocenters. The third-order valence-electron chi connectivity index (χ3n) is 10.1. The molecule has 0 bridgehead atoms. The van der Waals surface area contributed by atoms with Crippen molar-refractivity contribution in [3.05, 3.63) is 100 Å². The first-order valence-corrected chi connectivity index (χ1v) is 17.6. The number of nitrogens with zero attached hydrogens (tertiary/aromatic N) is 2. The summed E-state index contributed by atoms with van der Waals surface area (Å²) in [4.78, 5) is 58.6. The van der Waals surface area contributed by atoms with E-state index in [1.54, 1.807) is 24.3 Å². The molecule has 240 valence electrons. The highest BCUT2D eigenvalue weighted by atomic mass is 35.5. The van der Waals surface area contributed by atoms with Crippen LogP contribution in [0.25, 0.3) is 43.1 Å². The number of benzene rings is 6. The summed E-state index contributed by atoms with van der Waals surface area (Å²) in [6.07, 6.45) is 6.41. The van der Waals surface area contributed by atoms with Gasteiger partial charge in [0.05, 0.1) is 5.69 Å². The number of carbonyl (C=O) groups is 4. The van der Waals surface area contributed by atoms with Crippen molar-refractivity contribution in [2.75, 3.05) is 11.4 Å². The van der Waals surface area contributed by atoms with Gasteiger partial charge in [0.2, 0.25) is 0 Å². The van der Waals surface area contributed by atoms with Crippen LogP contribution in [0.3, 0.4) is 0 Å². The largest absolute Gasteiger partial charge is 0.274 e. The van der Waals surface area contributed by atoms with E-state index >= 15 is 0 Å². The van der Waals surface area contributed by atoms with Crippen LogP contribution in [0, 0.1) is 0 Å². The predicted molar refractivity (Wildman–Crippen MR) is 193 cm³/mol. The third-order valence-corrected chi connectivity index (χ3v) is 10.7. The Morgan fingerprint density at radius 3 is 1.48 bits per heavy atom. The summed E-state index contributed by atoms with van der Waals surface area (Å²) in [7, 11) is 0. The Morgan fingerprint density at radius 1 is 0.521 bits per heavy atom. The molecule has 0 fully saturated rings. The van der Waals surface area contributed by atoms with Gasteiger partial charge in [-0.3, -0.25) is 24.1 Å². The average Bonchev–Trinajstić information content (AvgIpc) is 3.11. The van der Waals surface area contributed by atoms with Crippen LogP contribution in [0.1, 0.15) is 98.0 Å². The first-order chi connectivity index (χ1) is 23.4. The van der Waals surface area contributed by atoms with Gasteiger partial charge in [-0.05, 0) is 80.2 Å². The zero-order valence-corrected chi connectivity index (χ0v) is 28.0. The monoisotopic (exact) mass is 674 g/mol. The summed E-state index contributed by atoms with van der Waals surface area (Å²) in [5.74, 6) is -1.01. The standard InChI is InChI=1S/C40H32Cl2N2O4/c1-2-3-4-5-6-7-18-43-37(45)28-14-10-24-26-12-16-30-36-31(40(48)44(39(30)47)32-19-22(20-41)8-9-23(32)21-42)17-13-27(34(26)36)25-11-15-29(38(43)46)35(28)33(24)25/h8-17,19H,2-7,18,20-21H2,1H3. The Morgan fingerprint density at radius 2 is 1.00 bits per heavy atom. The number of amides is 4. The van der Waals surface area contributed by atoms with Crippen molar-refractivity contribution in [3.8, 4) is 0 Å². The molecule has 0 atom stereocenters. The van der Waals surface area contributed by atoms with Gasteiger partial charge in [0.15, 0.2) is 0 Å². The SMILES string of the molecule is CCCCCCCCN1C(=O)c2ccc3c4ccc5c6c(ccc(c7ccc(c2c37)C1=O)c64)C(=O)N(c1cc(CCl)ccc1CCl)C5=O. The second-order valence-electron chi connectivity index (χ2n) is 12.8. The summed E-state index contributed by atoms with van der Waals surface area (Å²) >= 11 is 12.4. The summed E-state index contributed by atoms with van der Waals surface area (Å²) in [5.41, 5.74) is 3.77. The molecule has 6 aromatic rings. The molecule has 0 saturated carbocycles. The van der Waals surface area contributed by atoms with Crippen LogP contribution in [-0.4, -0.2) is 35.1 Å². The summed E-state index contributed by atoms with van der Waals surface area (Å²) in [5, 5.41) is 6.39. The van der Waals surface area contributed by atoms with Gasteiger partial charge in [0.1, 0.15) is 0 Å². The summed E-state index contributed by atoms with van der Waals surface area (Å²) in [6, 6.07) is 20.3. The maximum Gasteiger partial charge on any atom is 0.265 e. The highest BCUT2D eigenvalue weighted by Gasteiger charge is 2.38. The molecule has 6 aromatic carbocycles. The van der Waals surface area contributed by atoms with E-state index in [9.17, 15) is 19.2 Å². The molecule has 2 heterocycles. The van der Waals surface area contributed by atoms with Crippen LogP contribution in [0.15, 0.2) is 66.7 Å². The molecule has 0 aliphatic carbocycles. The van der Waals surface area contributed by atoms with Crippen molar-refractivity contribution in [1.29, 1.82) is 0 Å². The number of carbonyl (C=O) groups excluding carboxylic acids is 4. The van der Waals surface area contributed by atoms with Gasteiger partial charge in [-0.1, -0.05) is 75.4 Å². The summed E-state index contributed by atoms with van der Waals surface area (Å²) in [6.45, 7) is 2.59. The fraction of sp³-hybridized carbons (Fsp3) is 0.250. The van der Waals surface area contributed by atoms with E-state index in [4.69, 9.17) is 23.2 Å². The topological polar surface area (TPSA) is 74.8 Å².